The molecule has 7 aromatic carbocycles. The minimum Gasteiger partial charge on any atom is -0.457 e. The summed E-state index contributed by atoms with van der Waals surface area (Å²) in [6.07, 6.45) is 6.43. The topological polar surface area (TPSA) is 33.5 Å². The van der Waals surface area contributed by atoms with E-state index in [1.807, 2.05) is 6.20 Å². The number of nitrogens with zero attached hydrogens (tertiary/aromatic N) is 4. The largest absolute Gasteiger partial charge is 0.457 e. The van der Waals surface area contributed by atoms with Crippen LogP contribution in [-0.2, 0) is 21.7 Å². The highest BCUT2D eigenvalue weighted by atomic mass is 16.5. The van der Waals surface area contributed by atoms with Gasteiger partial charge in [-0.2, -0.15) is 0 Å². The molecule has 3 heterocycles. The van der Waals surface area contributed by atoms with Crippen LogP contribution in [0.3, 0.4) is 0 Å². The Kier molecular flexibility index (Phi) is 13.2. The molecule has 10 rings (SSSR count). The van der Waals surface area contributed by atoms with Crippen molar-refractivity contribution in [1.29, 1.82) is 0 Å². The van der Waals surface area contributed by atoms with E-state index in [2.05, 4.69) is 287 Å². The minimum absolute atomic E-state index is 0.0409. The Labute approximate surface area is 447 Å². The molecule has 0 spiro atoms. The third-order valence-corrected chi connectivity index (χ3v) is 15.9. The molecule has 0 amide bonds. The lowest BCUT2D eigenvalue weighted by Gasteiger charge is -2.33. The van der Waals surface area contributed by atoms with Crippen LogP contribution in [0.25, 0.3) is 38.8 Å². The van der Waals surface area contributed by atoms with Crippen LogP contribution in [-0.4, -0.2) is 16.2 Å². The summed E-state index contributed by atoms with van der Waals surface area (Å²) >= 11 is 0. The number of para-hydroxylation sites is 1. The van der Waals surface area contributed by atoms with Gasteiger partial charge in [-0.15, -0.1) is 0 Å². The molecular weight excluding hydrogens is 913 g/mol. The molecule has 0 atom stereocenters. The van der Waals surface area contributed by atoms with E-state index in [1.54, 1.807) is 0 Å². The second kappa shape index (κ2) is 19.4. The zero-order valence-corrected chi connectivity index (χ0v) is 46.9. The smallest absolute Gasteiger partial charge is 0.137 e. The van der Waals surface area contributed by atoms with E-state index in [4.69, 9.17) is 9.72 Å². The molecule has 382 valence electrons. The molecule has 9 aromatic rings. The van der Waals surface area contributed by atoms with Gasteiger partial charge in [-0.05, 0) is 127 Å². The summed E-state index contributed by atoms with van der Waals surface area (Å²) in [5.41, 5.74) is 16.4. The number of ether oxygens (including phenoxy) is 1. The zero-order valence-electron chi connectivity index (χ0n) is 46.9. The molecule has 0 bridgehead atoms. The molecule has 1 aliphatic rings. The second-order valence-corrected chi connectivity index (χ2v) is 24.7. The first-order valence-corrected chi connectivity index (χ1v) is 27.1. The van der Waals surface area contributed by atoms with E-state index in [-0.39, 0.29) is 21.7 Å². The van der Waals surface area contributed by atoms with Gasteiger partial charge in [0.1, 0.15) is 17.3 Å². The van der Waals surface area contributed by atoms with Gasteiger partial charge in [-0.1, -0.05) is 200 Å². The van der Waals surface area contributed by atoms with E-state index >= 15 is 0 Å². The molecule has 5 heteroatoms. The number of fused-ring (bicyclic) bond motifs is 3. The number of hydrogen-bond donors (Lipinski definition) is 0. The van der Waals surface area contributed by atoms with Crippen molar-refractivity contribution in [1.82, 2.24) is 9.55 Å². The summed E-state index contributed by atoms with van der Waals surface area (Å²) < 4.78 is 9.69. The SMILES string of the molecule is CC(C)c1cccc(C(C)C)c1-c1cc(Oc2cc(C(C)(C)C)c3c4ccccc4n(-c4cc(C(C)(C)C)ccn4)c3c2)cc(N2C=CN(c3cc(C(C)(C)c4ccccc4)cc(C(C)(C)c4ccccc4)c3)C2)c1. The van der Waals surface area contributed by atoms with Crippen LogP contribution in [0.4, 0.5) is 11.4 Å². The van der Waals surface area contributed by atoms with Gasteiger partial charge in [0.15, 0.2) is 0 Å². The minimum atomic E-state index is -0.238. The normalized spacial score (nSPS) is 13.5. The maximum absolute atomic E-state index is 7.35. The third kappa shape index (κ3) is 9.79. The Morgan fingerprint density at radius 1 is 0.467 bits per heavy atom. The fourth-order valence-electron chi connectivity index (χ4n) is 11.2. The summed E-state index contributed by atoms with van der Waals surface area (Å²) in [7, 11) is 0. The predicted octanol–water partition coefficient (Wildman–Crippen LogP) is 18.9. The van der Waals surface area contributed by atoms with Gasteiger partial charge in [0, 0.05) is 63.7 Å². The molecule has 0 fully saturated rings. The number of anilines is 2. The Bertz CT molecular complexity index is 3480. The predicted molar refractivity (Wildman–Crippen MR) is 319 cm³/mol. The molecule has 1 aliphatic heterocycles. The monoisotopic (exact) mass is 989 g/mol. The summed E-state index contributed by atoms with van der Waals surface area (Å²) in [5.74, 6) is 3.12. The van der Waals surface area contributed by atoms with E-state index in [0.717, 1.165) is 45.3 Å². The molecule has 75 heavy (non-hydrogen) atoms. The second-order valence-electron chi connectivity index (χ2n) is 24.7. The number of hydrogen-bond acceptors (Lipinski definition) is 4. The van der Waals surface area contributed by atoms with Crippen molar-refractivity contribution in [2.45, 2.75) is 130 Å². The molecule has 0 unspecified atom stereocenters. The quantitative estimate of drug-likeness (QED) is 0.122. The Hall–Kier alpha value is -7.37. The summed E-state index contributed by atoms with van der Waals surface area (Å²) in [6, 6.07) is 60.5. The lowest BCUT2D eigenvalue weighted by molar-refractivity contribution is 0.480. The summed E-state index contributed by atoms with van der Waals surface area (Å²) in [6.45, 7) is 33.0. The molecule has 0 saturated carbocycles. The molecule has 0 aliphatic carbocycles. The summed E-state index contributed by atoms with van der Waals surface area (Å²) in [5, 5.41) is 2.43. The van der Waals surface area contributed by atoms with Crippen LogP contribution < -0.4 is 14.5 Å². The maximum atomic E-state index is 7.35. The Morgan fingerprint density at radius 3 is 1.57 bits per heavy atom. The van der Waals surface area contributed by atoms with Crippen LogP contribution in [0, 0.1) is 0 Å². The number of aromatic nitrogens is 2. The lowest BCUT2D eigenvalue weighted by atomic mass is 9.73. The van der Waals surface area contributed by atoms with Crippen molar-refractivity contribution < 1.29 is 4.74 Å². The molecular formula is C70H76N4O. The Balaban J connectivity index is 1.12. The fraction of sp³-hybridized carbons (Fsp3) is 0.300. The van der Waals surface area contributed by atoms with Gasteiger partial charge >= 0.3 is 0 Å². The molecule has 0 radical (unpaired) electrons. The number of benzene rings is 7. The van der Waals surface area contributed by atoms with Gasteiger partial charge in [-0.25, -0.2) is 4.98 Å². The average molecular weight is 989 g/mol. The molecule has 0 N–H and O–H groups in total. The van der Waals surface area contributed by atoms with Crippen molar-refractivity contribution in [2.75, 3.05) is 16.5 Å². The van der Waals surface area contributed by atoms with Gasteiger partial charge in [0.25, 0.3) is 0 Å². The van der Waals surface area contributed by atoms with Crippen LogP contribution >= 0.6 is 0 Å². The van der Waals surface area contributed by atoms with E-state index in [1.165, 1.54) is 60.8 Å². The van der Waals surface area contributed by atoms with Gasteiger partial charge in [0.05, 0.1) is 17.7 Å². The molecule has 5 nitrogen and oxygen atoms in total. The lowest BCUT2D eigenvalue weighted by Crippen LogP contribution is -2.27. The summed E-state index contributed by atoms with van der Waals surface area (Å²) in [4.78, 5) is 9.81. The van der Waals surface area contributed by atoms with Gasteiger partial charge in [0.2, 0.25) is 0 Å². The number of rotatable bonds is 12. The van der Waals surface area contributed by atoms with Crippen molar-refractivity contribution in [2.24, 2.45) is 0 Å². The first kappa shape index (κ1) is 51.1. The van der Waals surface area contributed by atoms with E-state index < -0.39 is 0 Å². The standard InChI is InChI=1S/C70H76N4O/c1-46(2)58-29-23-30-59(47(3)4)65(58)48-36-54(72-34-35-73(45-72)55-39-52(69(11,12)49-24-17-15-18-25-49)38-53(40-55)70(13,14)50-26-19-16-20-27-50)42-56(37-48)75-57-43-61(68(8,9)10)66-60-28-21-22-31-62(60)74(63(66)44-57)64-41-51(32-33-71-64)67(5,6)7/h15-44,46-47H,45H2,1-14H3. The maximum Gasteiger partial charge on any atom is 0.137 e. The molecule has 0 saturated heterocycles. The first-order valence-electron chi connectivity index (χ1n) is 27.1. The molecule has 2 aromatic heterocycles. The van der Waals surface area contributed by atoms with Crippen molar-refractivity contribution >= 4 is 33.2 Å². The highest BCUT2D eigenvalue weighted by Gasteiger charge is 2.31. The van der Waals surface area contributed by atoms with Gasteiger partial charge in [-0.3, -0.25) is 4.57 Å². The van der Waals surface area contributed by atoms with Crippen LogP contribution in [0.2, 0.25) is 0 Å². The third-order valence-electron chi connectivity index (χ3n) is 15.9. The van der Waals surface area contributed by atoms with Crippen molar-refractivity contribution in [3.63, 3.8) is 0 Å². The van der Waals surface area contributed by atoms with Crippen LogP contribution in [0.15, 0.2) is 182 Å². The first-order chi connectivity index (χ1) is 35.6. The zero-order chi connectivity index (χ0) is 53.2. The van der Waals surface area contributed by atoms with Crippen LogP contribution in [0.5, 0.6) is 11.5 Å². The average Bonchev–Trinajstić information content (AvgIpc) is 4.02. The van der Waals surface area contributed by atoms with Crippen LogP contribution in [0.1, 0.15) is 153 Å². The fourth-order valence-corrected chi connectivity index (χ4v) is 11.2. The van der Waals surface area contributed by atoms with Crippen molar-refractivity contribution in [3.8, 4) is 28.4 Å². The van der Waals surface area contributed by atoms with E-state index in [0.29, 0.717) is 18.5 Å². The Morgan fingerprint density at radius 2 is 1.01 bits per heavy atom. The highest BCUT2D eigenvalue weighted by Crippen LogP contribution is 2.46. The van der Waals surface area contributed by atoms with Gasteiger partial charge < -0.3 is 14.5 Å². The highest BCUT2D eigenvalue weighted by molar-refractivity contribution is 6.11. The number of pyridine rings is 1. The van der Waals surface area contributed by atoms with E-state index in [9.17, 15) is 0 Å². The van der Waals surface area contributed by atoms with Crippen molar-refractivity contribution in [3.05, 3.63) is 227 Å².